The number of nitro benzene ring substituents is 1. The number of amides is 2. The van der Waals surface area contributed by atoms with Gasteiger partial charge in [0.2, 0.25) is 5.91 Å². The fraction of sp³-hybridized carbons (Fsp3) is 0.333. The van der Waals surface area contributed by atoms with Crippen molar-refractivity contribution in [3.63, 3.8) is 0 Å². The zero-order chi connectivity index (χ0) is 21.0. The molecule has 3 rings (SSSR count). The Labute approximate surface area is 169 Å². The van der Waals surface area contributed by atoms with E-state index >= 15 is 0 Å². The quantitative estimate of drug-likeness (QED) is 0.573. The van der Waals surface area contributed by atoms with E-state index in [0.717, 1.165) is 24.1 Å². The first-order chi connectivity index (χ1) is 13.9. The summed E-state index contributed by atoms with van der Waals surface area (Å²) in [7, 11) is 3.56. The van der Waals surface area contributed by atoms with Crippen LogP contribution in [0.4, 0.5) is 11.4 Å². The van der Waals surface area contributed by atoms with Gasteiger partial charge in [-0.2, -0.15) is 0 Å². The van der Waals surface area contributed by atoms with Crippen LogP contribution in [0.3, 0.4) is 0 Å². The van der Waals surface area contributed by atoms with Crippen molar-refractivity contribution in [2.24, 2.45) is 0 Å². The summed E-state index contributed by atoms with van der Waals surface area (Å²) < 4.78 is 0. The zero-order valence-corrected chi connectivity index (χ0v) is 16.6. The molecule has 2 aromatic carbocycles. The molecule has 0 radical (unpaired) electrons. The van der Waals surface area contributed by atoms with E-state index in [2.05, 4.69) is 5.32 Å². The van der Waals surface area contributed by atoms with E-state index in [9.17, 15) is 19.7 Å². The maximum absolute atomic E-state index is 12.8. The standard InChI is InChI=1S/C21H24N4O4/c1-23(2)19-10-9-17(25(28)29)12-18(19)21(27)22-13-15-6-3-4-7-16(15)14-24-11-5-8-20(24)26/h3-4,6-7,9-10,12H,5,8,11,13-14H2,1-2H3,(H,22,27). The number of nitro groups is 1. The van der Waals surface area contributed by atoms with Crippen LogP contribution in [0.5, 0.6) is 0 Å². The van der Waals surface area contributed by atoms with Crippen LogP contribution in [0.25, 0.3) is 0 Å². The van der Waals surface area contributed by atoms with Gasteiger partial charge in [0.05, 0.1) is 10.5 Å². The molecule has 0 bridgehead atoms. The van der Waals surface area contributed by atoms with Crippen molar-refractivity contribution in [1.29, 1.82) is 0 Å². The van der Waals surface area contributed by atoms with E-state index in [0.29, 0.717) is 18.7 Å². The molecule has 0 aliphatic carbocycles. The van der Waals surface area contributed by atoms with Gasteiger partial charge in [0.25, 0.3) is 11.6 Å². The monoisotopic (exact) mass is 396 g/mol. The molecule has 0 spiro atoms. The summed E-state index contributed by atoms with van der Waals surface area (Å²) in [5.41, 5.74) is 2.61. The van der Waals surface area contributed by atoms with E-state index in [1.165, 1.54) is 12.1 Å². The van der Waals surface area contributed by atoms with Crippen molar-refractivity contribution in [1.82, 2.24) is 10.2 Å². The van der Waals surface area contributed by atoms with E-state index in [4.69, 9.17) is 0 Å². The average molecular weight is 396 g/mol. The van der Waals surface area contributed by atoms with E-state index < -0.39 is 4.92 Å². The Morgan fingerprint density at radius 2 is 1.93 bits per heavy atom. The molecule has 0 atom stereocenters. The van der Waals surface area contributed by atoms with Crippen LogP contribution in [-0.4, -0.2) is 42.3 Å². The predicted molar refractivity (Wildman–Crippen MR) is 110 cm³/mol. The molecule has 1 N–H and O–H groups in total. The summed E-state index contributed by atoms with van der Waals surface area (Å²) in [5, 5.41) is 14.0. The minimum atomic E-state index is -0.515. The van der Waals surface area contributed by atoms with Crippen LogP contribution in [0.15, 0.2) is 42.5 Å². The van der Waals surface area contributed by atoms with Gasteiger partial charge in [0, 0.05) is 58.0 Å². The molecule has 1 fully saturated rings. The Hall–Kier alpha value is -3.42. The van der Waals surface area contributed by atoms with Gasteiger partial charge in [-0.1, -0.05) is 24.3 Å². The van der Waals surface area contributed by atoms with Crippen LogP contribution >= 0.6 is 0 Å². The summed E-state index contributed by atoms with van der Waals surface area (Å²) in [4.78, 5) is 38.9. The number of rotatable bonds is 7. The van der Waals surface area contributed by atoms with Crippen LogP contribution in [0, 0.1) is 10.1 Å². The maximum atomic E-state index is 12.8. The Morgan fingerprint density at radius 3 is 2.55 bits per heavy atom. The Morgan fingerprint density at radius 1 is 1.21 bits per heavy atom. The molecule has 1 aliphatic heterocycles. The SMILES string of the molecule is CN(C)c1ccc([N+](=O)[O-])cc1C(=O)NCc1ccccc1CN1CCCC1=O. The minimum absolute atomic E-state index is 0.131. The zero-order valence-electron chi connectivity index (χ0n) is 16.6. The Kier molecular flexibility index (Phi) is 6.11. The second-order valence-electron chi connectivity index (χ2n) is 7.22. The number of likely N-dealkylation sites (tertiary alicyclic amines) is 1. The molecule has 2 amide bonds. The summed E-state index contributed by atoms with van der Waals surface area (Å²) >= 11 is 0. The lowest BCUT2D eigenvalue weighted by atomic mass is 10.1. The predicted octanol–water partition coefficient (Wildman–Crippen LogP) is 2.71. The van der Waals surface area contributed by atoms with Crippen molar-refractivity contribution in [3.05, 3.63) is 69.3 Å². The number of non-ortho nitro benzene ring substituents is 1. The topological polar surface area (TPSA) is 95.8 Å². The molecule has 29 heavy (non-hydrogen) atoms. The van der Waals surface area contributed by atoms with Crippen molar-refractivity contribution < 1.29 is 14.5 Å². The van der Waals surface area contributed by atoms with Gasteiger partial charge in [0.15, 0.2) is 0 Å². The van der Waals surface area contributed by atoms with Crippen LogP contribution in [-0.2, 0) is 17.9 Å². The number of hydrogen-bond donors (Lipinski definition) is 1. The molecule has 1 aliphatic rings. The number of carbonyl (C=O) groups excluding carboxylic acids is 2. The molecule has 0 aromatic heterocycles. The van der Waals surface area contributed by atoms with E-state index in [1.54, 1.807) is 25.1 Å². The van der Waals surface area contributed by atoms with Gasteiger partial charge in [-0.15, -0.1) is 0 Å². The summed E-state index contributed by atoms with van der Waals surface area (Å²) in [5.74, 6) is -0.236. The smallest absolute Gasteiger partial charge is 0.270 e. The highest BCUT2D eigenvalue weighted by atomic mass is 16.6. The lowest BCUT2D eigenvalue weighted by molar-refractivity contribution is -0.384. The maximum Gasteiger partial charge on any atom is 0.270 e. The molecule has 0 unspecified atom stereocenters. The van der Waals surface area contributed by atoms with Crippen molar-refractivity contribution in [2.45, 2.75) is 25.9 Å². The molecule has 152 valence electrons. The second kappa shape index (κ2) is 8.72. The largest absolute Gasteiger partial charge is 0.377 e. The van der Waals surface area contributed by atoms with Gasteiger partial charge >= 0.3 is 0 Å². The van der Waals surface area contributed by atoms with Gasteiger partial charge in [-0.05, 0) is 23.6 Å². The number of nitrogens with one attached hydrogen (secondary N) is 1. The van der Waals surface area contributed by atoms with Crippen LogP contribution in [0.1, 0.15) is 34.3 Å². The lowest BCUT2D eigenvalue weighted by Gasteiger charge is -2.19. The number of hydrogen-bond acceptors (Lipinski definition) is 5. The number of nitrogens with zero attached hydrogens (tertiary/aromatic N) is 3. The lowest BCUT2D eigenvalue weighted by Crippen LogP contribution is -2.27. The molecule has 1 heterocycles. The normalized spacial score (nSPS) is 13.4. The molecule has 2 aromatic rings. The first kappa shape index (κ1) is 20.3. The minimum Gasteiger partial charge on any atom is -0.377 e. The van der Waals surface area contributed by atoms with E-state index in [-0.39, 0.29) is 29.6 Å². The fourth-order valence-electron chi connectivity index (χ4n) is 3.44. The summed E-state index contributed by atoms with van der Waals surface area (Å²) in [6, 6.07) is 11.9. The number of carbonyl (C=O) groups is 2. The first-order valence-electron chi connectivity index (χ1n) is 9.45. The third-order valence-corrected chi connectivity index (χ3v) is 5.01. The highest BCUT2D eigenvalue weighted by Crippen LogP contribution is 2.24. The average Bonchev–Trinajstić information content (AvgIpc) is 3.11. The first-order valence-corrected chi connectivity index (χ1v) is 9.45. The van der Waals surface area contributed by atoms with Crippen LogP contribution < -0.4 is 10.2 Å². The molecule has 0 saturated carbocycles. The van der Waals surface area contributed by atoms with Gasteiger partial charge in [-0.25, -0.2) is 0 Å². The Balaban J connectivity index is 1.77. The van der Waals surface area contributed by atoms with Gasteiger partial charge < -0.3 is 15.1 Å². The molecule has 8 heteroatoms. The third kappa shape index (κ3) is 4.71. The molecule has 8 nitrogen and oxygen atoms in total. The van der Waals surface area contributed by atoms with Gasteiger partial charge in [-0.3, -0.25) is 19.7 Å². The van der Waals surface area contributed by atoms with E-state index in [1.807, 2.05) is 29.2 Å². The summed E-state index contributed by atoms with van der Waals surface area (Å²) in [6.07, 6.45) is 1.46. The van der Waals surface area contributed by atoms with Crippen molar-refractivity contribution >= 4 is 23.2 Å². The van der Waals surface area contributed by atoms with Crippen LogP contribution in [0.2, 0.25) is 0 Å². The van der Waals surface area contributed by atoms with Gasteiger partial charge in [0.1, 0.15) is 0 Å². The molecule has 1 saturated heterocycles. The third-order valence-electron chi connectivity index (χ3n) is 5.01. The molecular weight excluding hydrogens is 372 g/mol. The van der Waals surface area contributed by atoms with Crippen molar-refractivity contribution in [2.75, 3.05) is 25.5 Å². The van der Waals surface area contributed by atoms with Crippen molar-refractivity contribution in [3.8, 4) is 0 Å². The second-order valence-corrected chi connectivity index (χ2v) is 7.22. The Bertz CT molecular complexity index is 942. The fourth-order valence-corrected chi connectivity index (χ4v) is 3.44. The molecular formula is C21H24N4O4. The highest BCUT2D eigenvalue weighted by Gasteiger charge is 2.21. The number of benzene rings is 2. The number of anilines is 1. The summed E-state index contributed by atoms with van der Waals surface area (Å²) in [6.45, 7) is 1.54. The highest BCUT2D eigenvalue weighted by molar-refractivity contribution is 6.00.